The van der Waals surface area contributed by atoms with Crippen LogP contribution in [0.5, 0.6) is 0 Å². The van der Waals surface area contributed by atoms with Gasteiger partial charge in [-0.2, -0.15) is 0 Å². The number of likely N-dealkylation sites (tertiary alicyclic amines) is 1. The van der Waals surface area contributed by atoms with Gasteiger partial charge in [-0.05, 0) is 18.3 Å². The first-order chi connectivity index (χ1) is 8.76. The molecule has 0 spiro atoms. The maximum atomic E-state index is 12.0. The summed E-state index contributed by atoms with van der Waals surface area (Å²) >= 11 is 0. The molecule has 4 N–H and O–H groups in total. The maximum Gasteiger partial charge on any atom is 0.224 e. The highest BCUT2D eigenvalue weighted by Gasteiger charge is 2.37. The van der Waals surface area contributed by atoms with E-state index in [9.17, 15) is 4.79 Å². The number of carbonyl (C=O) groups is 1. The van der Waals surface area contributed by atoms with Crippen LogP contribution in [0.25, 0.3) is 0 Å². The third-order valence-electron chi connectivity index (χ3n) is 4.71. The average Bonchev–Trinajstić information content (AvgIpc) is 2.84. The Balaban J connectivity index is 1.94. The molecule has 1 heterocycles. The fourth-order valence-electron chi connectivity index (χ4n) is 3.70. The van der Waals surface area contributed by atoms with Crippen molar-refractivity contribution in [2.24, 2.45) is 23.3 Å². The molecule has 2 rings (SSSR count). The lowest BCUT2D eigenvalue weighted by Gasteiger charge is -2.27. The SMILES string of the molecule is NCCC(=O)N1CC(C2CCCCC2)CC1CN. The summed E-state index contributed by atoms with van der Waals surface area (Å²) in [5, 5.41) is 0. The molecule has 104 valence electrons. The zero-order valence-electron chi connectivity index (χ0n) is 11.3. The summed E-state index contributed by atoms with van der Waals surface area (Å²) in [6, 6.07) is 0.260. The first-order valence-corrected chi connectivity index (χ1v) is 7.46. The molecular formula is C14H27N3O. The Bertz CT molecular complexity index is 276. The molecule has 2 unspecified atom stereocenters. The van der Waals surface area contributed by atoms with E-state index in [0.29, 0.717) is 25.4 Å². The number of nitrogens with two attached hydrogens (primary N) is 2. The fourth-order valence-corrected chi connectivity index (χ4v) is 3.70. The smallest absolute Gasteiger partial charge is 0.224 e. The van der Waals surface area contributed by atoms with Gasteiger partial charge in [0.2, 0.25) is 5.91 Å². The molecule has 1 aliphatic carbocycles. The summed E-state index contributed by atoms with van der Waals surface area (Å²) in [5.41, 5.74) is 11.3. The highest BCUT2D eigenvalue weighted by atomic mass is 16.2. The van der Waals surface area contributed by atoms with Crippen molar-refractivity contribution in [2.75, 3.05) is 19.6 Å². The van der Waals surface area contributed by atoms with Crippen molar-refractivity contribution in [1.29, 1.82) is 0 Å². The average molecular weight is 253 g/mol. The predicted octanol–water partition coefficient (Wildman–Crippen LogP) is 1.09. The quantitative estimate of drug-likeness (QED) is 0.788. The predicted molar refractivity (Wildman–Crippen MR) is 72.9 cm³/mol. The summed E-state index contributed by atoms with van der Waals surface area (Å²) in [4.78, 5) is 14.0. The van der Waals surface area contributed by atoms with Crippen LogP contribution in [-0.4, -0.2) is 36.5 Å². The van der Waals surface area contributed by atoms with E-state index < -0.39 is 0 Å². The Kier molecular flexibility index (Phi) is 5.01. The van der Waals surface area contributed by atoms with E-state index in [1.807, 2.05) is 4.90 Å². The van der Waals surface area contributed by atoms with Gasteiger partial charge in [0.15, 0.2) is 0 Å². The lowest BCUT2D eigenvalue weighted by atomic mass is 9.79. The molecule has 0 aromatic rings. The molecule has 1 saturated heterocycles. The Morgan fingerprint density at radius 2 is 1.83 bits per heavy atom. The second kappa shape index (κ2) is 6.53. The standard InChI is InChI=1S/C14H27N3O/c15-7-6-14(18)17-10-12(8-13(17)9-16)11-4-2-1-3-5-11/h11-13H,1-10,15-16H2. The fraction of sp³-hybridized carbons (Fsp3) is 0.929. The van der Waals surface area contributed by atoms with Crippen molar-refractivity contribution in [3.05, 3.63) is 0 Å². The van der Waals surface area contributed by atoms with Crippen molar-refractivity contribution in [1.82, 2.24) is 4.90 Å². The van der Waals surface area contributed by atoms with E-state index in [2.05, 4.69) is 0 Å². The summed E-state index contributed by atoms with van der Waals surface area (Å²) in [7, 11) is 0. The molecule has 4 nitrogen and oxygen atoms in total. The monoisotopic (exact) mass is 253 g/mol. The van der Waals surface area contributed by atoms with Crippen LogP contribution in [0, 0.1) is 11.8 Å². The van der Waals surface area contributed by atoms with Gasteiger partial charge in [-0.1, -0.05) is 32.1 Å². The van der Waals surface area contributed by atoms with Gasteiger partial charge in [0.25, 0.3) is 0 Å². The van der Waals surface area contributed by atoms with Gasteiger partial charge >= 0.3 is 0 Å². The topological polar surface area (TPSA) is 72.4 Å². The molecule has 18 heavy (non-hydrogen) atoms. The van der Waals surface area contributed by atoms with Gasteiger partial charge in [0.05, 0.1) is 0 Å². The summed E-state index contributed by atoms with van der Waals surface area (Å²) < 4.78 is 0. The number of rotatable bonds is 4. The van der Waals surface area contributed by atoms with Crippen molar-refractivity contribution >= 4 is 5.91 Å². The van der Waals surface area contributed by atoms with Gasteiger partial charge < -0.3 is 16.4 Å². The Hall–Kier alpha value is -0.610. The lowest BCUT2D eigenvalue weighted by molar-refractivity contribution is -0.131. The molecule has 1 saturated carbocycles. The molecule has 0 aromatic heterocycles. The van der Waals surface area contributed by atoms with Crippen LogP contribution < -0.4 is 11.5 Å². The third-order valence-corrected chi connectivity index (χ3v) is 4.71. The largest absolute Gasteiger partial charge is 0.338 e. The first kappa shape index (κ1) is 13.8. The van der Waals surface area contributed by atoms with Crippen LogP contribution in [0.3, 0.4) is 0 Å². The highest BCUT2D eigenvalue weighted by Crippen LogP contribution is 2.37. The van der Waals surface area contributed by atoms with Crippen LogP contribution in [0.4, 0.5) is 0 Å². The second-order valence-corrected chi connectivity index (χ2v) is 5.87. The van der Waals surface area contributed by atoms with Crippen LogP contribution in [0.2, 0.25) is 0 Å². The van der Waals surface area contributed by atoms with Gasteiger partial charge in [-0.25, -0.2) is 0 Å². The van der Waals surface area contributed by atoms with Gasteiger partial charge in [-0.3, -0.25) is 4.79 Å². The van der Waals surface area contributed by atoms with E-state index in [1.54, 1.807) is 0 Å². The van der Waals surface area contributed by atoms with Crippen LogP contribution in [0.15, 0.2) is 0 Å². The Labute approximate surface area is 110 Å². The zero-order valence-corrected chi connectivity index (χ0v) is 11.3. The first-order valence-electron chi connectivity index (χ1n) is 7.46. The van der Waals surface area contributed by atoms with Crippen molar-refractivity contribution in [3.63, 3.8) is 0 Å². The van der Waals surface area contributed by atoms with Crippen molar-refractivity contribution < 1.29 is 4.79 Å². The number of hydrogen-bond acceptors (Lipinski definition) is 3. The molecule has 1 aliphatic heterocycles. The van der Waals surface area contributed by atoms with E-state index in [4.69, 9.17) is 11.5 Å². The summed E-state index contributed by atoms with van der Waals surface area (Å²) in [6.45, 7) is 1.96. The van der Waals surface area contributed by atoms with E-state index in [0.717, 1.165) is 18.9 Å². The minimum absolute atomic E-state index is 0.200. The molecule has 0 radical (unpaired) electrons. The van der Waals surface area contributed by atoms with Gasteiger partial charge in [0.1, 0.15) is 0 Å². The van der Waals surface area contributed by atoms with Crippen LogP contribution >= 0.6 is 0 Å². The summed E-state index contributed by atoms with van der Waals surface area (Å²) in [6.07, 6.45) is 8.39. The van der Waals surface area contributed by atoms with Gasteiger partial charge in [-0.15, -0.1) is 0 Å². The molecule has 2 atom stereocenters. The molecule has 0 bridgehead atoms. The number of nitrogens with zero attached hydrogens (tertiary/aromatic N) is 1. The minimum atomic E-state index is 0.200. The molecular weight excluding hydrogens is 226 g/mol. The molecule has 4 heteroatoms. The van der Waals surface area contributed by atoms with Crippen LogP contribution in [-0.2, 0) is 4.79 Å². The van der Waals surface area contributed by atoms with Crippen LogP contribution in [0.1, 0.15) is 44.9 Å². The number of amides is 1. The number of carbonyl (C=O) groups excluding carboxylic acids is 1. The Morgan fingerprint density at radius 1 is 1.11 bits per heavy atom. The van der Waals surface area contributed by atoms with Gasteiger partial charge in [0, 0.05) is 32.1 Å². The Morgan fingerprint density at radius 3 is 2.44 bits per heavy atom. The zero-order chi connectivity index (χ0) is 13.0. The third kappa shape index (κ3) is 3.04. The van der Waals surface area contributed by atoms with E-state index in [1.165, 1.54) is 32.1 Å². The van der Waals surface area contributed by atoms with Crippen molar-refractivity contribution in [2.45, 2.75) is 51.0 Å². The highest BCUT2D eigenvalue weighted by molar-refractivity contribution is 5.77. The lowest BCUT2D eigenvalue weighted by Crippen LogP contribution is -2.40. The normalized spacial score (nSPS) is 29.8. The van der Waals surface area contributed by atoms with E-state index in [-0.39, 0.29) is 11.9 Å². The summed E-state index contributed by atoms with van der Waals surface area (Å²) in [5.74, 6) is 1.70. The molecule has 2 fully saturated rings. The van der Waals surface area contributed by atoms with Crippen molar-refractivity contribution in [3.8, 4) is 0 Å². The second-order valence-electron chi connectivity index (χ2n) is 5.87. The minimum Gasteiger partial charge on any atom is -0.338 e. The number of hydrogen-bond donors (Lipinski definition) is 2. The molecule has 0 aromatic carbocycles. The molecule has 2 aliphatic rings. The molecule has 1 amide bonds. The maximum absolute atomic E-state index is 12.0. The van der Waals surface area contributed by atoms with E-state index >= 15 is 0 Å².